The highest BCUT2D eigenvalue weighted by atomic mass is 16.2. The van der Waals surface area contributed by atoms with E-state index in [1.807, 2.05) is 0 Å². The van der Waals surface area contributed by atoms with Gasteiger partial charge in [-0.3, -0.25) is 4.79 Å². The van der Waals surface area contributed by atoms with Crippen molar-refractivity contribution in [1.29, 1.82) is 0 Å². The topological polar surface area (TPSA) is 66.9 Å². The first-order valence-electron chi connectivity index (χ1n) is 7.55. The number of hydrogen-bond acceptors (Lipinski definition) is 4. The Bertz CT molecular complexity index is 424. The van der Waals surface area contributed by atoms with Crippen molar-refractivity contribution in [2.45, 2.75) is 51.5 Å². The molecule has 1 aromatic rings. The molecule has 0 spiro atoms. The second kappa shape index (κ2) is 7.22. The van der Waals surface area contributed by atoms with Gasteiger partial charge in [0.1, 0.15) is 5.82 Å². The van der Waals surface area contributed by atoms with Gasteiger partial charge in [0.15, 0.2) is 5.69 Å². The maximum Gasteiger partial charge on any atom is 0.272 e. The van der Waals surface area contributed by atoms with Crippen LogP contribution in [0.4, 0.5) is 5.82 Å². The van der Waals surface area contributed by atoms with Crippen LogP contribution >= 0.6 is 0 Å². The maximum absolute atomic E-state index is 12.1. The Hall–Kier alpha value is -1.65. The van der Waals surface area contributed by atoms with E-state index in [1.165, 1.54) is 25.7 Å². The third-order valence-electron chi connectivity index (χ3n) is 4.03. The van der Waals surface area contributed by atoms with Crippen molar-refractivity contribution in [2.24, 2.45) is 5.92 Å². The molecule has 0 aromatic carbocycles. The standard InChI is InChI=1S/C15H24N4O/c1-3-4-11-5-7-12(8-6-11)17-15(20)13-9-10-14(16-2)19-18-13/h9-12H,3-8H2,1-2H3,(H,16,19)(H,17,20). The first-order valence-corrected chi connectivity index (χ1v) is 7.55. The molecule has 20 heavy (non-hydrogen) atoms. The molecule has 0 atom stereocenters. The summed E-state index contributed by atoms with van der Waals surface area (Å²) in [6, 6.07) is 3.76. The van der Waals surface area contributed by atoms with Crippen LogP contribution in [0.5, 0.6) is 0 Å². The highest BCUT2D eigenvalue weighted by Gasteiger charge is 2.22. The average molecular weight is 276 g/mol. The molecule has 5 nitrogen and oxygen atoms in total. The zero-order chi connectivity index (χ0) is 14.4. The van der Waals surface area contributed by atoms with Crippen LogP contribution in [0.2, 0.25) is 0 Å². The van der Waals surface area contributed by atoms with Crippen LogP contribution in [0.3, 0.4) is 0 Å². The summed E-state index contributed by atoms with van der Waals surface area (Å²) in [5, 5.41) is 13.8. The molecule has 0 unspecified atom stereocenters. The fourth-order valence-electron chi connectivity index (χ4n) is 2.85. The van der Waals surface area contributed by atoms with Crippen molar-refractivity contribution in [3.05, 3.63) is 17.8 Å². The lowest BCUT2D eigenvalue weighted by atomic mass is 9.83. The molecule has 1 saturated carbocycles. The van der Waals surface area contributed by atoms with Gasteiger partial charge in [0.05, 0.1) is 0 Å². The summed E-state index contributed by atoms with van der Waals surface area (Å²) in [7, 11) is 1.78. The monoisotopic (exact) mass is 276 g/mol. The van der Waals surface area contributed by atoms with E-state index in [0.717, 1.165) is 18.8 Å². The molecule has 0 aliphatic heterocycles. The minimum absolute atomic E-state index is 0.112. The molecule has 0 saturated heterocycles. The Morgan fingerprint density at radius 3 is 2.55 bits per heavy atom. The molecule has 0 bridgehead atoms. The molecule has 1 amide bonds. The van der Waals surface area contributed by atoms with Crippen molar-refractivity contribution < 1.29 is 4.79 Å². The summed E-state index contributed by atoms with van der Waals surface area (Å²) < 4.78 is 0. The Balaban J connectivity index is 1.82. The van der Waals surface area contributed by atoms with E-state index in [1.54, 1.807) is 19.2 Å². The van der Waals surface area contributed by atoms with Gasteiger partial charge in [0.25, 0.3) is 5.91 Å². The molecule has 5 heteroatoms. The largest absolute Gasteiger partial charge is 0.372 e. The summed E-state index contributed by atoms with van der Waals surface area (Å²) in [5.41, 5.74) is 0.389. The van der Waals surface area contributed by atoms with E-state index in [-0.39, 0.29) is 5.91 Å². The molecule has 0 radical (unpaired) electrons. The Labute approximate surface area is 120 Å². The SMILES string of the molecule is CCCC1CCC(NC(=O)c2ccc(NC)nn2)CC1. The molecule has 1 aromatic heterocycles. The van der Waals surface area contributed by atoms with Crippen LogP contribution in [0.1, 0.15) is 55.9 Å². The Morgan fingerprint density at radius 2 is 2.00 bits per heavy atom. The van der Waals surface area contributed by atoms with Crippen LogP contribution in [0, 0.1) is 5.92 Å². The number of nitrogens with one attached hydrogen (secondary N) is 2. The predicted molar refractivity (Wildman–Crippen MR) is 79.7 cm³/mol. The van der Waals surface area contributed by atoms with Gasteiger partial charge < -0.3 is 10.6 Å². The average Bonchev–Trinajstić information content (AvgIpc) is 2.49. The molecule has 1 aliphatic carbocycles. The van der Waals surface area contributed by atoms with Crippen LogP contribution in [-0.2, 0) is 0 Å². The van der Waals surface area contributed by atoms with E-state index in [0.29, 0.717) is 17.6 Å². The van der Waals surface area contributed by atoms with Gasteiger partial charge in [0.2, 0.25) is 0 Å². The number of carbonyl (C=O) groups is 1. The summed E-state index contributed by atoms with van der Waals surface area (Å²) >= 11 is 0. The third kappa shape index (κ3) is 3.92. The fourth-order valence-corrected chi connectivity index (χ4v) is 2.85. The first kappa shape index (κ1) is 14.8. The van der Waals surface area contributed by atoms with Gasteiger partial charge in [-0.15, -0.1) is 10.2 Å². The Kier molecular flexibility index (Phi) is 5.32. The lowest BCUT2D eigenvalue weighted by Crippen LogP contribution is -2.38. The molecule has 2 rings (SSSR count). The van der Waals surface area contributed by atoms with Gasteiger partial charge in [0, 0.05) is 13.1 Å². The summed E-state index contributed by atoms with van der Waals surface area (Å²) in [4.78, 5) is 12.1. The Morgan fingerprint density at radius 1 is 1.25 bits per heavy atom. The normalized spacial score (nSPS) is 22.3. The lowest BCUT2D eigenvalue weighted by molar-refractivity contribution is 0.0915. The van der Waals surface area contributed by atoms with E-state index >= 15 is 0 Å². The van der Waals surface area contributed by atoms with Crippen LogP contribution in [0.15, 0.2) is 12.1 Å². The van der Waals surface area contributed by atoms with Crippen LogP contribution in [-0.4, -0.2) is 29.2 Å². The number of anilines is 1. The molecule has 1 aliphatic rings. The molecule has 110 valence electrons. The van der Waals surface area contributed by atoms with Crippen LogP contribution < -0.4 is 10.6 Å². The molecular formula is C15H24N4O. The van der Waals surface area contributed by atoms with E-state index in [4.69, 9.17) is 0 Å². The minimum Gasteiger partial charge on any atom is -0.372 e. The number of amides is 1. The number of hydrogen-bond donors (Lipinski definition) is 2. The van der Waals surface area contributed by atoms with Gasteiger partial charge in [-0.05, 0) is 43.7 Å². The summed E-state index contributed by atoms with van der Waals surface area (Å²) in [5.74, 6) is 1.41. The van der Waals surface area contributed by atoms with Crippen molar-refractivity contribution in [3.8, 4) is 0 Å². The van der Waals surface area contributed by atoms with E-state index in [9.17, 15) is 4.79 Å². The van der Waals surface area contributed by atoms with Crippen molar-refractivity contribution in [1.82, 2.24) is 15.5 Å². The summed E-state index contributed by atoms with van der Waals surface area (Å²) in [6.07, 6.45) is 7.19. The minimum atomic E-state index is -0.112. The quantitative estimate of drug-likeness (QED) is 0.867. The summed E-state index contributed by atoms with van der Waals surface area (Å²) in [6.45, 7) is 2.24. The third-order valence-corrected chi connectivity index (χ3v) is 4.03. The van der Waals surface area contributed by atoms with Gasteiger partial charge in [-0.25, -0.2) is 0 Å². The van der Waals surface area contributed by atoms with E-state index < -0.39 is 0 Å². The van der Waals surface area contributed by atoms with Crippen LogP contribution in [0.25, 0.3) is 0 Å². The molecule has 1 fully saturated rings. The number of aromatic nitrogens is 2. The number of rotatable bonds is 5. The fraction of sp³-hybridized carbons (Fsp3) is 0.667. The maximum atomic E-state index is 12.1. The second-order valence-electron chi connectivity index (χ2n) is 5.53. The zero-order valence-corrected chi connectivity index (χ0v) is 12.4. The van der Waals surface area contributed by atoms with Gasteiger partial charge in [-0.2, -0.15) is 0 Å². The lowest BCUT2D eigenvalue weighted by Gasteiger charge is -2.28. The van der Waals surface area contributed by atoms with Gasteiger partial charge >= 0.3 is 0 Å². The smallest absolute Gasteiger partial charge is 0.272 e. The first-order chi connectivity index (χ1) is 9.72. The molecular weight excluding hydrogens is 252 g/mol. The highest BCUT2D eigenvalue weighted by molar-refractivity contribution is 5.92. The molecule has 2 N–H and O–H groups in total. The molecule has 1 heterocycles. The van der Waals surface area contributed by atoms with E-state index in [2.05, 4.69) is 27.8 Å². The van der Waals surface area contributed by atoms with Crippen molar-refractivity contribution in [3.63, 3.8) is 0 Å². The predicted octanol–water partition coefficient (Wildman–Crippen LogP) is 2.61. The van der Waals surface area contributed by atoms with Crippen molar-refractivity contribution in [2.75, 3.05) is 12.4 Å². The highest BCUT2D eigenvalue weighted by Crippen LogP contribution is 2.27. The zero-order valence-electron chi connectivity index (χ0n) is 12.4. The number of carbonyl (C=O) groups excluding carboxylic acids is 1. The van der Waals surface area contributed by atoms with Gasteiger partial charge in [-0.1, -0.05) is 19.8 Å². The number of nitrogens with zero attached hydrogens (tertiary/aromatic N) is 2. The van der Waals surface area contributed by atoms with Crippen molar-refractivity contribution >= 4 is 11.7 Å². The second-order valence-corrected chi connectivity index (χ2v) is 5.53.